The molecule has 0 saturated heterocycles. The average molecular weight is 265 g/mol. The molecule has 0 aromatic carbocycles. The molecule has 0 spiro atoms. The number of aryl methyl sites for hydroxylation is 1. The van der Waals surface area contributed by atoms with Crippen molar-refractivity contribution in [2.24, 2.45) is 0 Å². The van der Waals surface area contributed by atoms with Gasteiger partial charge in [0.1, 0.15) is 5.82 Å². The van der Waals surface area contributed by atoms with Gasteiger partial charge in [0.25, 0.3) is 0 Å². The van der Waals surface area contributed by atoms with E-state index in [1.807, 2.05) is 11.3 Å². The minimum Gasteiger partial charge on any atom is -0.304 e. The Balaban J connectivity index is 2.09. The topological polar surface area (TPSA) is 33.6 Å². The third-order valence-corrected chi connectivity index (χ3v) is 4.78. The summed E-state index contributed by atoms with van der Waals surface area (Å²) in [5.41, 5.74) is 1.46. The highest BCUT2D eigenvalue weighted by Gasteiger charge is 2.26. The van der Waals surface area contributed by atoms with Crippen LogP contribution in [0.1, 0.15) is 41.9 Å². The summed E-state index contributed by atoms with van der Waals surface area (Å²) in [7, 11) is 0. The first kappa shape index (κ1) is 11.2. The molecular weight excluding hydrogens is 250 g/mol. The number of nitrogens with one attached hydrogen (secondary N) is 1. The van der Waals surface area contributed by atoms with Crippen LogP contribution in [0.5, 0.6) is 0 Å². The van der Waals surface area contributed by atoms with Crippen LogP contribution in [0.25, 0.3) is 0 Å². The normalized spacial score (nSPS) is 19.2. The van der Waals surface area contributed by atoms with Crippen LogP contribution in [0.4, 0.5) is 0 Å². The first-order valence-electron chi connectivity index (χ1n) is 6.02. The molecule has 1 atom stereocenters. The van der Waals surface area contributed by atoms with Gasteiger partial charge in [-0.3, -0.25) is 5.10 Å². The molecule has 5 heteroatoms. The molecule has 90 valence electrons. The average Bonchev–Trinajstić information content (AvgIpc) is 2.94. The molecular formula is C12H15N3S2. The summed E-state index contributed by atoms with van der Waals surface area (Å²) >= 11 is 7.14. The Bertz CT molecular complexity index is 579. The molecule has 2 aromatic rings. The summed E-state index contributed by atoms with van der Waals surface area (Å²) in [4.78, 5) is 1.53. The van der Waals surface area contributed by atoms with Gasteiger partial charge in [-0.15, -0.1) is 11.3 Å². The summed E-state index contributed by atoms with van der Waals surface area (Å²) in [5.74, 6) is 1.54. The van der Waals surface area contributed by atoms with Crippen LogP contribution in [-0.4, -0.2) is 14.8 Å². The van der Waals surface area contributed by atoms with Gasteiger partial charge in [-0.05, 0) is 55.4 Å². The first-order chi connectivity index (χ1) is 8.31. The molecule has 3 nitrogen and oxygen atoms in total. The minimum absolute atomic E-state index is 0.429. The largest absolute Gasteiger partial charge is 0.304 e. The molecule has 1 aliphatic rings. The Kier molecular flexibility index (Phi) is 2.88. The van der Waals surface area contributed by atoms with Crippen molar-refractivity contribution in [1.29, 1.82) is 0 Å². The lowest BCUT2D eigenvalue weighted by Gasteiger charge is -2.22. The maximum Gasteiger partial charge on any atom is 0.195 e. The highest BCUT2D eigenvalue weighted by atomic mass is 32.1. The predicted molar refractivity (Wildman–Crippen MR) is 72.2 cm³/mol. The maximum absolute atomic E-state index is 5.27. The lowest BCUT2D eigenvalue weighted by atomic mass is 9.87. The van der Waals surface area contributed by atoms with Crippen LogP contribution in [0, 0.1) is 4.77 Å². The van der Waals surface area contributed by atoms with Crippen molar-refractivity contribution in [3.8, 4) is 0 Å². The quantitative estimate of drug-likeness (QED) is 0.843. The van der Waals surface area contributed by atoms with E-state index in [9.17, 15) is 0 Å². The number of H-pyrrole nitrogens is 1. The van der Waals surface area contributed by atoms with E-state index in [4.69, 9.17) is 12.2 Å². The number of hydrogen-bond acceptors (Lipinski definition) is 3. The molecule has 0 bridgehead atoms. The Labute approximate surface area is 109 Å². The number of aromatic nitrogens is 3. The molecule has 17 heavy (non-hydrogen) atoms. The van der Waals surface area contributed by atoms with Gasteiger partial charge in [0.2, 0.25) is 0 Å². The molecule has 0 fully saturated rings. The zero-order valence-corrected chi connectivity index (χ0v) is 11.4. The van der Waals surface area contributed by atoms with Gasteiger partial charge < -0.3 is 4.57 Å². The standard InChI is InChI=1S/C12H15N3S2/c1-2-15-11(13-14-12(15)16)9-4-3-5-10-8(9)6-7-17-10/h6-7,9H,2-5H2,1H3,(H,14,16). The van der Waals surface area contributed by atoms with E-state index in [1.165, 1.54) is 29.7 Å². The van der Waals surface area contributed by atoms with Crippen molar-refractivity contribution in [1.82, 2.24) is 14.8 Å². The van der Waals surface area contributed by atoms with Gasteiger partial charge >= 0.3 is 0 Å². The van der Waals surface area contributed by atoms with Gasteiger partial charge in [-0.2, -0.15) is 5.10 Å². The third-order valence-electron chi connectivity index (χ3n) is 3.47. The Morgan fingerprint density at radius 1 is 1.65 bits per heavy atom. The Morgan fingerprint density at radius 3 is 3.35 bits per heavy atom. The molecule has 0 amide bonds. The van der Waals surface area contributed by atoms with Crippen molar-refractivity contribution >= 4 is 23.6 Å². The van der Waals surface area contributed by atoms with Gasteiger partial charge in [-0.1, -0.05) is 0 Å². The number of fused-ring (bicyclic) bond motifs is 1. The Morgan fingerprint density at radius 2 is 2.53 bits per heavy atom. The number of nitrogens with zero attached hydrogens (tertiary/aromatic N) is 2. The predicted octanol–water partition coefficient (Wildman–Crippen LogP) is 3.49. The van der Waals surface area contributed by atoms with Gasteiger partial charge in [-0.25, -0.2) is 0 Å². The summed E-state index contributed by atoms with van der Waals surface area (Å²) in [6.07, 6.45) is 3.66. The molecule has 1 unspecified atom stereocenters. The molecule has 0 radical (unpaired) electrons. The van der Waals surface area contributed by atoms with Crippen LogP contribution in [-0.2, 0) is 13.0 Å². The molecule has 0 aliphatic heterocycles. The SMILES string of the molecule is CCn1c(C2CCCc3sccc32)n[nH]c1=S. The summed E-state index contributed by atoms with van der Waals surface area (Å²) < 4.78 is 2.86. The van der Waals surface area contributed by atoms with Crippen molar-refractivity contribution < 1.29 is 0 Å². The second-order valence-electron chi connectivity index (χ2n) is 4.38. The fraction of sp³-hybridized carbons (Fsp3) is 0.500. The molecule has 1 N–H and O–H groups in total. The van der Waals surface area contributed by atoms with E-state index in [-0.39, 0.29) is 0 Å². The van der Waals surface area contributed by atoms with Gasteiger partial charge in [0.15, 0.2) is 4.77 Å². The van der Waals surface area contributed by atoms with E-state index >= 15 is 0 Å². The lowest BCUT2D eigenvalue weighted by molar-refractivity contribution is 0.561. The van der Waals surface area contributed by atoms with Gasteiger partial charge in [0, 0.05) is 17.3 Å². The minimum atomic E-state index is 0.429. The zero-order chi connectivity index (χ0) is 11.8. The number of thiophene rings is 1. The molecule has 2 aromatic heterocycles. The molecule has 0 saturated carbocycles. The van der Waals surface area contributed by atoms with Crippen LogP contribution >= 0.6 is 23.6 Å². The number of hydrogen-bond donors (Lipinski definition) is 1. The maximum atomic E-state index is 5.27. The lowest BCUT2D eigenvalue weighted by Crippen LogP contribution is -2.14. The fourth-order valence-corrected chi connectivity index (χ4v) is 3.91. The van der Waals surface area contributed by atoms with Crippen LogP contribution in [0.15, 0.2) is 11.4 Å². The van der Waals surface area contributed by atoms with E-state index in [0.717, 1.165) is 17.1 Å². The summed E-state index contributed by atoms with van der Waals surface area (Å²) in [5, 5.41) is 9.56. The van der Waals surface area contributed by atoms with Crippen LogP contribution < -0.4 is 0 Å². The monoisotopic (exact) mass is 265 g/mol. The smallest absolute Gasteiger partial charge is 0.195 e. The molecule has 1 aliphatic carbocycles. The molecule has 3 rings (SSSR count). The second-order valence-corrected chi connectivity index (χ2v) is 5.76. The number of rotatable bonds is 2. The van der Waals surface area contributed by atoms with Crippen molar-refractivity contribution in [2.45, 2.75) is 38.6 Å². The summed E-state index contributed by atoms with van der Waals surface area (Å²) in [6.45, 7) is 3.01. The van der Waals surface area contributed by atoms with Crippen molar-refractivity contribution in [3.63, 3.8) is 0 Å². The van der Waals surface area contributed by atoms with E-state index < -0.39 is 0 Å². The van der Waals surface area contributed by atoms with Gasteiger partial charge in [0.05, 0.1) is 0 Å². The summed E-state index contributed by atoms with van der Waals surface area (Å²) in [6, 6.07) is 2.25. The van der Waals surface area contributed by atoms with Crippen molar-refractivity contribution in [2.75, 3.05) is 0 Å². The molecule has 2 heterocycles. The first-order valence-corrected chi connectivity index (χ1v) is 7.31. The Hall–Kier alpha value is -0.940. The van der Waals surface area contributed by atoms with E-state index in [2.05, 4.69) is 33.1 Å². The van der Waals surface area contributed by atoms with Crippen molar-refractivity contribution in [3.05, 3.63) is 32.5 Å². The van der Waals surface area contributed by atoms with Crippen LogP contribution in [0.2, 0.25) is 0 Å². The van der Waals surface area contributed by atoms with E-state index in [0.29, 0.717) is 5.92 Å². The highest BCUT2D eigenvalue weighted by Crippen LogP contribution is 2.38. The fourth-order valence-electron chi connectivity index (χ4n) is 2.66. The zero-order valence-electron chi connectivity index (χ0n) is 9.77. The van der Waals surface area contributed by atoms with Crippen LogP contribution in [0.3, 0.4) is 0 Å². The van der Waals surface area contributed by atoms with E-state index in [1.54, 1.807) is 0 Å². The number of aromatic amines is 1. The second kappa shape index (κ2) is 4.38. The third kappa shape index (κ3) is 1.77. The highest BCUT2D eigenvalue weighted by molar-refractivity contribution is 7.71.